The quantitative estimate of drug-likeness (QED) is 0.714. The molecule has 1 aliphatic heterocycles. The smallest absolute Gasteiger partial charge is 0.360 e. The summed E-state index contributed by atoms with van der Waals surface area (Å²) >= 11 is 0. The molecule has 0 aliphatic carbocycles. The molecule has 104 valence electrons. The van der Waals surface area contributed by atoms with Crippen molar-refractivity contribution >= 4 is 22.7 Å². The Balaban J connectivity index is 2.19. The van der Waals surface area contributed by atoms with Crippen LogP contribution in [0.15, 0.2) is 23.0 Å². The number of anilines is 1. The third-order valence-corrected chi connectivity index (χ3v) is 3.36. The zero-order chi connectivity index (χ0) is 14.1. The van der Waals surface area contributed by atoms with E-state index < -0.39 is 17.2 Å². The highest BCUT2D eigenvalue weighted by Crippen LogP contribution is 2.23. The van der Waals surface area contributed by atoms with Gasteiger partial charge in [0.25, 0.3) is 5.56 Å². The van der Waals surface area contributed by atoms with Crippen LogP contribution in [0, 0.1) is 0 Å². The number of aromatic nitrogens is 2. The molecule has 3 N–H and O–H groups in total. The monoisotopic (exact) mass is 274 g/mol. The molecule has 1 saturated heterocycles. The Morgan fingerprint density at radius 1 is 1.30 bits per heavy atom. The number of nitrogens with one attached hydrogen (secondary N) is 2. The largest absolute Gasteiger partial charge is 0.476 e. The molecule has 2 aromatic rings. The van der Waals surface area contributed by atoms with Crippen LogP contribution in [-0.2, 0) is 0 Å². The molecule has 0 atom stereocenters. The van der Waals surface area contributed by atoms with E-state index >= 15 is 0 Å². The van der Waals surface area contributed by atoms with E-state index in [2.05, 4.69) is 20.2 Å². The van der Waals surface area contributed by atoms with Crippen molar-refractivity contribution in [3.63, 3.8) is 0 Å². The number of benzene rings is 1. The minimum Gasteiger partial charge on any atom is -0.476 e. The Morgan fingerprint density at radius 3 is 2.75 bits per heavy atom. The van der Waals surface area contributed by atoms with Gasteiger partial charge in [-0.15, -0.1) is 0 Å². The minimum absolute atomic E-state index is 0.472. The SMILES string of the molecule is O=C(O)c1nc2c(N3CCNCC3)cccc2[nH]c1=O. The lowest BCUT2D eigenvalue weighted by molar-refractivity contribution is 0.0689. The van der Waals surface area contributed by atoms with E-state index in [1.54, 1.807) is 6.07 Å². The van der Waals surface area contributed by atoms with E-state index in [0.717, 1.165) is 31.9 Å². The van der Waals surface area contributed by atoms with Gasteiger partial charge in [-0.1, -0.05) is 6.07 Å². The molecule has 7 nitrogen and oxygen atoms in total. The summed E-state index contributed by atoms with van der Waals surface area (Å²) in [6.45, 7) is 3.38. The van der Waals surface area contributed by atoms with Gasteiger partial charge >= 0.3 is 5.97 Å². The molecule has 1 aromatic carbocycles. The first-order valence-corrected chi connectivity index (χ1v) is 6.39. The Labute approximate surface area is 114 Å². The van der Waals surface area contributed by atoms with Crippen LogP contribution in [0.2, 0.25) is 0 Å². The summed E-state index contributed by atoms with van der Waals surface area (Å²) in [7, 11) is 0. The van der Waals surface area contributed by atoms with Crippen LogP contribution in [-0.4, -0.2) is 47.2 Å². The first kappa shape index (κ1) is 12.6. The number of hydrogen-bond donors (Lipinski definition) is 3. The van der Waals surface area contributed by atoms with Gasteiger partial charge in [-0.3, -0.25) is 4.79 Å². The number of piperazine rings is 1. The van der Waals surface area contributed by atoms with E-state index in [1.165, 1.54) is 0 Å². The molecule has 3 rings (SSSR count). The third kappa shape index (κ3) is 2.12. The second kappa shape index (κ2) is 4.93. The second-order valence-corrected chi connectivity index (χ2v) is 4.63. The number of H-pyrrole nitrogens is 1. The predicted molar refractivity (Wildman–Crippen MR) is 74.4 cm³/mol. The summed E-state index contributed by atoms with van der Waals surface area (Å²) in [6, 6.07) is 5.45. The molecule has 0 radical (unpaired) electrons. The molecular formula is C13H14N4O3. The van der Waals surface area contributed by atoms with E-state index in [1.807, 2.05) is 12.1 Å². The van der Waals surface area contributed by atoms with Gasteiger partial charge < -0.3 is 20.3 Å². The number of fused-ring (bicyclic) bond motifs is 1. The lowest BCUT2D eigenvalue weighted by Gasteiger charge is -2.29. The summed E-state index contributed by atoms with van der Waals surface area (Å²) in [5.41, 5.74) is 0.771. The molecule has 2 heterocycles. The number of aromatic carboxylic acids is 1. The van der Waals surface area contributed by atoms with Gasteiger partial charge in [0.05, 0.1) is 11.2 Å². The topological polar surface area (TPSA) is 98.3 Å². The van der Waals surface area contributed by atoms with Crippen molar-refractivity contribution in [3.8, 4) is 0 Å². The fourth-order valence-electron chi connectivity index (χ4n) is 2.40. The molecule has 1 aliphatic rings. The maximum Gasteiger partial charge on any atom is 0.360 e. The van der Waals surface area contributed by atoms with Crippen LogP contribution in [0.3, 0.4) is 0 Å². The minimum atomic E-state index is -1.32. The van der Waals surface area contributed by atoms with Crippen LogP contribution in [0.25, 0.3) is 11.0 Å². The Bertz CT molecular complexity index is 719. The van der Waals surface area contributed by atoms with Gasteiger partial charge in [-0.25, -0.2) is 9.78 Å². The molecule has 0 spiro atoms. The lowest BCUT2D eigenvalue weighted by Crippen LogP contribution is -2.43. The molecule has 20 heavy (non-hydrogen) atoms. The van der Waals surface area contributed by atoms with Crippen molar-refractivity contribution in [2.24, 2.45) is 0 Å². The molecule has 0 amide bonds. The third-order valence-electron chi connectivity index (χ3n) is 3.36. The van der Waals surface area contributed by atoms with Crippen LogP contribution >= 0.6 is 0 Å². The van der Waals surface area contributed by atoms with E-state index in [9.17, 15) is 9.59 Å². The van der Waals surface area contributed by atoms with Gasteiger partial charge in [-0.2, -0.15) is 0 Å². The van der Waals surface area contributed by atoms with Crippen LogP contribution in [0.5, 0.6) is 0 Å². The second-order valence-electron chi connectivity index (χ2n) is 4.63. The number of carbonyl (C=O) groups is 1. The van der Waals surface area contributed by atoms with E-state index in [0.29, 0.717) is 11.0 Å². The van der Waals surface area contributed by atoms with Crippen LogP contribution < -0.4 is 15.8 Å². The summed E-state index contributed by atoms with van der Waals surface area (Å²) in [6.07, 6.45) is 0. The Morgan fingerprint density at radius 2 is 2.05 bits per heavy atom. The van der Waals surface area contributed by atoms with Crippen molar-refractivity contribution in [3.05, 3.63) is 34.2 Å². The average molecular weight is 274 g/mol. The number of aromatic amines is 1. The predicted octanol–water partition coefficient (Wildman–Crippen LogP) is 0.0309. The fraction of sp³-hybridized carbons (Fsp3) is 0.308. The summed E-state index contributed by atoms with van der Waals surface area (Å²) in [5.74, 6) is -1.32. The number of carboxylic acid groups (broad SMARTS) is 1. The molecule has 7 heteroatoms. The van der Waals surface area contributed by atoms with E-state index in [-0.39, 0.29) is 0 Å². The van der Waals surface area contributed by atoms with Crippen molar-refractivity contribution < 1.29 is 9.90 Å². The van der Waals surface area contributed by atoms with E-state index in [4.69, 9.17) is 5.11 Å². The van der Waals surface area contributed by atoms with Gasteiger partial charge in [-0.05, 0) is 12.1 Å². The zero-order valence-corrected chi connectivity index (χ0v) is 10.7. The van der Waals surface area contributed by atoms with Gasteiger partial charge in [0.15, 0.2) is 0 Å². The maximum absolute atomic E-state index is 11.6. The summed E-state index contributed by atoms with van der Waals surface area (Å²) in [5, 5.41) is 12.3. The number of para-hydroxylation sites is 1. The molecule has 0 bridgehead atoms. The summed E-state index contributed by atoms with van der Waals surface area (Å²) < 4.78 is 0. The van der Waals surface area contributed by atoms with Crippen molar-refractivity contribution in [1.82, 2.24) is 15.3 Å². The molecule has 1 aromatic heterocycles. The standard InChI is InChI=1S/C13H14N4O3/c18-12-11(13(19)20)16-10-8(15-12)2-1-3-9(10)17-6-4-14-5-7-17/h1-3,14H,4-7H2,(H,15,18)(H,19,20). The highest BCUT2D eigenvalue weighted by atomic mass is 16.4. The molecule has 0 saturated carbocycles. The van der Waals surface area contributed by atoms with Crippen LogP contribution in [0.4, 0.5) is 5.69 Å². The van der Waals surface area contributed by atoms with Crippen molar-refractivity contribution in [2.75, 3.05) is 31.1 Å². The van der Waals surface area contributed by atoms with Crippen molar-refractivity contribution in [2.45, 2.75) is 0 Å². The van der Waals surface area contributed by atoms with Crippen LogP contribution in [0.1, 0.15) is 10.5 Å². The highest BCUT2D eigenvalue weighted by Gasteiger charge is 2.17. The zero-order valence-electron chi connectivity index (χ0n) is 10.7. The van der Waals surface area contributed by atoms with Gasteiger partial charge in [0.1, 0.15) is 5.52 Å². The number of carboxylic acids is 1. The average Bonchev–Trinajstić information content (AvgIpc) is 2.46. The number of hydrogen-bond acceptors (Lipinski definition) is 5. The maximum atomic E-state index is 11.6. The Kier molecular flexibility index (Phi) is 3.11. The lowest BCUT2D eigenvalue weighted by atomic mass is 10.2. The number of rotatable bonds is 2. The molecular weight excluding hydrogens is 260 g/mol. The van der Waals surface area contributed by atoms with Gasteiger partial charge in [0.2, 0.25) is 5.69 Å². The summed E-state index contributed by atoms with van der Waals surface area (Å²) in [4.78, 5) is 31.4. The first-order valence-electron chi connectivity index (χ1n) is 6.39. The number of nitrogens with zero attached hydrogens (tertiary/aromatic N) is 2. The fourth-order valence-corrected chi connectivity index (χ4v) is 2.40. The Hall–Kier alpha value is -2.41. The first-order chi connectivity index (χ1) is 9.66. The van der Waals surface area contributed by atoms with Gasteiger partial charge in [0, 0.05) is 26.2 Å². The van der Waals surface area contributed by atoms with Crippen molar-refractivity contribution in [1.29, 1.82) is 0 Å². The highest BCUT2D eigenvalue weighted by molar-refractivity contribution is 5.92. The normalized spacial score (nSPS) is 15.5. The molecule has 1 fully saturated rings. The molecule has 0 unspecified atom stereocenters.